The Bertz CT molecular complexity index is 501. The lowest BCUT2D eigenvalue weighted by Gasteiger charge is -2.36. The number of hydrogen-bond acceptors (Lipinski definition) is 3. The highest BCUT2D eigenvalue weighted by molar-refractivity contribution is 7.89. The van der Waals surface area contributed by atoms with E-state index in [4.69, 9.17) is 5.73 Å². The van der Waals surface area contributed by atoms with Crippen LogP contribution in [0.3, 0.4) is 0 Å². The molecule has 106 valence electrons. The zero-order valence-corrected chi connectivity index (χ0v) is 12.1. The fourth-order valence-electron chi connectivity index (χ4n) is 2.51. The molecule has 1 aliphatic rings. The molecule has 0 aromatic heterocycles. The van der Waals surface area contributed by atoms with Crippen molar-refractivity contribution in [3.05, 3.63) is 35.9 Å². The van der Waals surface area contributed by atoms with E-state index >= 15 is 0 Å². The van der Waals surface area contributed by atoms with Crippen LogP contribution in [0.1, 0.15) is 25.3 Å². The molecule has 2 N–H and O–H groups in total. The molecule has 1 aliphatic heterocycles. The minimum Gasteiger partial charge on any atom is -0.315 e. The molecule has 1 saturated heterocycles. The third kappa shape index (κ3) is 3.55. The van der Waals surface area contributed by atoms with Crippen molar-refractivity contribution in [1.29, 1.82) is 0 Å². The minimum absolute atomic E-state index is 0.136. The Hall–Kier alpha value is -0.910. The molecule has 2 atom stereocenters. The van der Waals surface area contributed by atoms with Gasteiger partial charge < -0.3 is 5.73 Å². The number of hydrogen-bond donors (Lipinski definition) is 1. The van der Waals surface area contributed by atoms with Crippen LogP contribution in [0.25, 0.3) is 0 Å². The van der Waals surface area contributed by atoms with E-state index in [-0.39, 0.29) is 17.8 Å². The van der Waals surface area contributed by atoms with Crippen LogP contribution in [0.4, 0.5) is 0 Å². The van der Waals surface area contributed by atoms with Gasteiger partial charge in [0.05, 0.1) is 11.9 Å². The van der Waals surface area contributed by atoms with E-state index < -0.39 is 10.0 Å². The third-order valence-electron chi connectivity index (χ3n) is 3.80. The molecule has 1 aromatic rings. The molecule has 1 heterocycles. The molecule has 0 amide bonds. The summed E-state index contributed by atoms with van der Waals surface area (Å²) in [6.07, 6.45) is 2.08. The second kappa shape index (κ2) is 6.03. The maximum absolute atomic E-state index is 12.4. The lowest BCUT2D eigenvalue weighted by atomic mass is 9.99. The van der Waals surface area contributed by atoms with Gasteiger partial charge in [0.25, 0.3) is 0 Å². The van der Waals surface area contributed by atoms with E-state index in [2.05, 4.69) is 0 Å². The Balaban J connectivity index is 2.02. The molecule has 2 rings (SSSR count). The van der Waals surface area contributed by atoms with Crippen molar-refractivity contribution in [2.24, 2.45) is 11.7 Å². The van der Waals surface area contributed by atoms with Crippen molar-refractivity contribution < 1.29 is 8.42 Å². The molecule has 19 heavy (non-hydrogen) atoms. The second-order valence-electron chi connectivity index (χ2n) is 5.27. The predicted octanol–water partition coefficient (Wildman–Crippen LogP) is 1.58. The summed E-state index contributed by atoms with van der Waals surface area (Å²) in [4.78, 5) is 0. The van der Waals surface area contributed by atoms with Gasteiger partial charge in [0, 0.05) is 6.54 Å². The minimum atomic E-state index is -3.26. The van der Waals surface area contributed by atoms with Crippen LogP contribution in [0.15, 0.2) is 30.3 Å². The summed E-state index contributed by atoms with van der Waals surface area (Å²) < 4.78 is 26.2. The molecular formula is C14H22N2O2S. The molecule has 1 fully saturated rings. The van der Waals surface area contributed by atoms with Crippen molar-refractivity contribution in [3.63, 3.8) is 0 Å². The number of piperidine rings is 1. The summed E-state index contributed by atoms with van der Waals surface area (Å²) in [6, 6.07) is 9.69. The first-order valence-electron chi connectivity index (χ1n) is 6.80. The number of aryl methyl sites for hydroxylation is 1. The number of nitrogens with zero attached hydrogens (tertiary/aromatic N) is 1. The molecular weight excluding hydrogens is 260 g/mol. The highest BCUT2D eigenvalue weighted by Gasteiger charge is 2.33. The first-order valence-corrected chi connectivity index (χ1v) is 8.40. The van der Waals surface area contributed by atoms with E-state index in [9.17, 15) is 8.42 Å². The maximum Gasteiger partial charge on any atom is 0.215 e. The fourth-order valence-corrected chi connectivity index (χ4v) is 4.22. The Kier molecular flexibility index (Phi) is 4.60. The van der Waals surface area contributed by atoms with E-state index in [1.807, 2.05) is 37.3 Å². The monoisotopic (exact) mass is 282 g/mol. The average molecular weight is 282 g/mol. The number of benzene rings is 1. The molecule has 4 nitrogen and oxygen atoms in total. The largest absolute Gasteiger partial charge is 0.315 e. The highest BCUT2D eigenvalue weighted by atomic mass is 32.2. The first kappa shape index (κ1) is 14.5. The SMILES string of the molecule is CC1CCCN(S(=O)(=O)CCc2ccccc2)C1N. The maximum atomic E-state index is 12.4. The summed E-state index contributed by atoms with van der Waals surface area (Å²) in [7, 11) is -3.26. The first-order chi connectivity index (χ1) is 9.00. The smallest absolute Gasteiger partial charge is 0.215 e. The van der Waals surface area contributed by atoms with Gasteiger partial charge in [-0.05, 0) is 30.7 Å². The number of nitrogens with two attached hydrogens (primary N) is 1. The Morgan fingerprint density at radius 1 is 1.32 bits per heavy atom. The summed E-state index contributed by atoms with van der Waals surface area (Å²) >= 11 is 0. The summed E-state index contributed by atoms with van der Waals surface area (Å²) in [5, 5.41) is 0. The zero-order chi connectivity index (χ0) is 13.9. The Morgan fingerprint density at radius 2 is 2.00 bits per heavy atom. The van der Waals surface area contributed by atoms with E-state index in [0.29, 0.717) is 13.0 Å². The summed E-state index contributed by atoms with van der Waals surface area (Å²) in [5.74, 6) is 0.373. The van der Waals surface area contributed by atoms with Crippen molar-refractivity contribution in [1.82, 2.24) is 4.31 Å². The standard InChI is InChI=1S/C14H22N2O2S/c1-12-6-5-10-16(14(12)15)19(17,18)11-9-13-7-3-2-4-8-13/h2-4,7-8,12,14H,5-6,9-11,15H2,1H3. The summed E-state index contributed by atoms with van der Waals surface area (Å²) in [6.45, 7) is 2.58. The van der Waals surface area contributed by atoms with Gasteiger partial charge in [-0.3, -0.25) is 0 Å². The Labute approximate surface area is 115 Å². The fraction of sp³-hybridized carbons (Fsp3) is 0.571. The highest BCUT2D eigenvalue weighted by Crippen LogP contribution is 2.23. The Morgan fingerprint density at radius 3 is 2.68 bits per heavy atom. The van der Waals surface area contributed by atoms with Crippen LogP contribution in [0.2, 0.25) is 0 Å². The lowest BCUT2D eigenvalue weighted by molar-refractivity contribution is 0.192. The molecule has 0 radical (unpaired) electrons. The van der Waals surface area contributed by atoms with E-state index in [1.165, 1.54) is 4.31 Å². The van der Waals surface area contributed by atoms with Gasteiger partial charge in [0.1, 0.15) is 0 Å². The van der Waals surface area contributed by atoms with Gasteiger partial charge in [0.15, 0.2) is 0 Å². The van der Waals surface area contributed by atoms with Crippen molar-refractivity contribution >= 4 is 10.0 Å². The zero-order valence-electron chi connectivity index (χ0n) is 11.3. The number of rotatable bonds is 4. The van der Waals surface area contributed by atoms with E-state index in [0.717, 1.165) is 18.4 Å². The molecule has 0 bridgehead atoms. The van der Waals surface area contributed by atoms with Gasteiger partial charge in [-0.1, -0.05) is 37.3 Å². The van der Waals surface area contributed by atoms with Crippen molar-refractivity contribution in [3.8, 4) is 0 Å². The van der Waals surface area contributed by atoms with Crippen LogP contribution in [0.5, 0.6) is 0 Å². The van der Waals surface area contributed by atoms with Crippen LogP contribution in [-0.4, -0.2) is 31.2 Å². The van der Waals surface area contributed by atoms with Crippen LogP contribution >= 0.6 is 0 Å². The van der Waals surface area contributed by atoms with Crippen LogP contribution in [-0.2, 0) is 16.4 Å². The van der Waals surface area contributed by atoms with Gasteiger partial charge in [-0.25, -0.2) is 8.42 Å². The molecule has 1 aromatic carbocycles. The number of sulfonamides is 1. The quantitative estimate of drug-likeness (QED) is 0.912. The lowest BCUT2D eigenvalue weighted by Crippen LogP contribution is -2.53. The molecule has 5 heteroatoms. The molecule has 0 aliphatic carbocycles. The van der Waals surface area contributed by atoms with Crippen molar-refractivity contribution in [2.45, 2.75) is 32.4 Å². The predicted molar refractivity (Wildman–Crippen MR) is 77.0 cm³/mol. The van der Waals surface area contributed by atoms with E-state index in [1.54, 1.807) is 0 Å². The molecule has 0 saturated carbocycles. The average Bonchev–Trinajstić information content (AvgIpc) is 2.41. The van der Waals surface area contributed by atoms with Gasteiger partial charge in [-0.2, -0.15) is 4.31 Å². The van der Waals surface area contributed by atoms with Crippen LogP contribution in [0, 0.1) is 5.92 Å². The van der Waals surface area contributed by atoms with Gasteiger partial charge in [0.2, 0.25) is 10.0 Å². The normalized spacial score (nSPS) is 25.4. The van der Waals surface area contributed by atoms with Gasteiger partial charge >= 0.3 is 0 Å². The summed E-state index contributed by atoms with van der Waals surface area (Å²) in [5.41, 5.74) is 7.07. The van der Waals surface area contributed by atoms with Gasteiger partial charge in [-0.15, -0.1) is 0 Å². The van der Waals surface area contributed by atoms with Crippen molar-refractivity contribution in [2.75, 3.05) is 12.3 Å². The van der Waals surface area contributed by atoms with Crippen LogP contribution < -0.4 is 5.73 Å². The second-order valence-corrected chi connectivity index (χ2v) is 7.31. The third-order valence-corrected chi connectivity index (χ3v) is 5.66. The topological polar surface area (TPSA) is 63.4 Å². The molecule has 2 unspecified atom stereocenters. The molecule has 0 spiro atoms.